The predicted molar refractivity (Wildman–Crippen MR) is 162 cm³/mol. The lowest BCUT2D eigenvalue weighted by Crippen LogP contribution is -2.24. The Bertz CT molecular complexity index is 1550. The van der Waals surface area contributed by atoms with Gasteiger partial charge in [-0.15, -0.1) is 0 Å². The SMILES string of the molecule is COCC(O)COc1c(C)c(C)c2c(c1C)C(c1ccc(-c3ccccc3)cc1)c1c(C)c(C)c(C)c(C)c1O2. The van der Waals surface area contributed by atoms with E-state index in [0.29, 0.717) is 0 Å². The second-order valence-corrected chi connectivity index (χ2v) is 11.1. The lowest BCUT2D eigenvalue weighted by molar-refractivity contribution is 0.0321. The largest absolute Gasteiger partial charge is 0.490 e. The third-order valence-corrected chi connectivity index (χ3v) is 8.82. The van der Waals surface area contributed by atoms with Gasteiger partial charge in [0.05, 0.1) is 6.61 Å². The second-order valence-electron chi connectivity index (χ2n) is 11.1. The minimum Gasteiger partial charge on any atom is -0.490 e. The van der Waals surface area contributed by atoms with Gasteiger partial charge in [0.25, 0.3) is 0 Å². The van der Waals surface area contributed by atoms with Gasteiger partial charge in [-0.2, -0.15) is 0 Å². The Morgan fingerprint density at radius 1 is 0.650 bits per heavy atom. The van der Waals surface area contributed by atoms with Gasteiger partial charge in [0.2, 0.25) is 0 Å². The van der Waals surface area contributed by atoms with E-state index >= 15 is 0 Å². The molecule has 4 nitrogen and oxygen atoms in total. The van der Waals surface area contributed by atoms with E-state index in [4.69, 9.17) is 14.2 Å². The van der Waals surface area contributed by atoms with Crippen LogP contribution in [0, 0.1) is 48.5 Å². The highest BCUT2D eigenvalue weighted by Crippen LogP contribution is 2.55. The van der Waals surface area contributed by atoms with Gasteiger partial charge in [-0.05, 0) is 104 Å². The fourth-order valence-corrected chi connectivity index (χ4v) is 6.10. The van der Waals surface area contributed by atoms with Crippen molar-refractivity contribution in [2.45, 2.75) is 60.5 Å². The zero-order valence-electron chi connectivity index (χ0n) is 24.9. The third kappa shape index (κ3) is 4.70. The smallest absolute Gasteiger partial charge is 0.135 e. The number of rotatable bonds is 7. The molecule has 1 heterocycles. The Balaban J connectivity index is 1.73. The van der Waals surface area contributed by atoms with Crippen molar-refractivity contribution in [3.05, 3.63) is 110 Å². The molecular weight excluding hydrogens is 496 g/mol. The number of ether oxygens (including phenoxy) is 3. The zero-order chi connectivity index (χ0) is 28.7. The van der Waals surface area contributed by atoms with Crippen molar-refractivity contribution in [1.82, 2.24) is 0 Å². The summed E-state index contributed by atoms with van der Waals surface area (Å²) in [4.78, 5) is 0. The van der Waals surface area contributed by atoms with Crippen LogP contribution in [0.2, 0.25) is 0 Å². The Labute approximate surface area is 238 Å². The fourth-order valence-electron chi connectivity index (χ4n) is 6.10. The van der Waals surface area contributed by atoms with Gasteiger partial charge in [0, 0.05) is 24.2 Å². The molecular formula is C36H40O4. The summed E-state index contributed by atoms with van der Waals surface area (Å²) in [6, 6.07) is 19.4. The molecule has 0 aromatic heterocycles. The first-order valence-corrected chi connectivity index (χ1v) is 14.0. The van der Waals surface area contributed by atoms with Crippen LogP contribution in [-0.2, 0) is 4.74 Å². The monoisotopic (exact) mass is 536 g/mol. The summed E-state index contributed by atoms with van der Waals surface area (Å²) in [5.74, 6) is 2.67. The van der Waals surface area contributed by atoms with E-state index in [9.17, 15) is 5.11 Å². The van der Waals surface area contributed by atoms with Crippen molar-refractivity contribution in [2.24, 2.45) is 0 Å². The molecule has 2 atom stereocenters. The lowest BCUT2D eigenvalue weighted by Gasteiger charge is -2.36. The first-order chi connectivity index (χ1) is 19.1. The topological polar surface area (TPSA) is 47.9 Å². The highest BCUT2D eigenvalue weighted by Gasteiger charge is 2.37. The molecule has 4 heteroatoms. The van der Waals surface area contributed by atoms with E-state index in [2.05, 4.69) is 97.0 Å². The van der Waals surface area contributed by atoms with Crippen molar-refractivity contribution in [1.29, 1.82) is 0 Å². The lowest BCUT2D eigenvalue weighted by atomic mass is 9.75. The standard InChI is InChI=1S/C36H40O4/c1-20-21(2)23(4)35-31(22(20)3)33(29-16-14-28(15-17-29)27-12-10-9-11-13-27)32-26(7)34(39-19-30(37)18-38-8)24(5)25(6)36(32)40-35/h9-17,30,33,37H,18-19H2,1-8H3. The van der Waals surface area contributed by atoms with Crippen molar-refractivity contribution < 1.29 is 19.3 Å². The number of hydrogen-bond donors (Lipinski definition) is 1. The van der Waals surface area contributed by atoms with E-state index in [-0.39, 0.29) is 19.1 Å². The highest BCUT2D eigenvalue weighted by atomic mass is 16.5. The first-order valence-electron chi connectivity index (χ1n) is 14.0. The number of aliphatic hydroxyl groups is 1. The van der Waals surface area contributed by atoms with Gasteiger partial charge in [-0.3, -0.25) is 0 Å². The van der Waals surface area contributed by atoms with Crippen molar-refractivity contribution in [3.8, 4) is 28.4 Å². The molecule has 1 aliphatic rings. The molecule has 4 aromatic rings. The molecule has 40 heavy (non-hydrogen) atoms. The van der Waals surface area contributed by atoms with Crippen LogP contribution in [0.4, 0.5) is 0 Å². The number of benzene rings is 4. The summed E-state index contributed by atoms with van der Waals surface area (Å²) in [6.07, 6.45) is -0.700. The molecule has 0 saturated heterocycles. The summed E-state index contributed by atoms with van der Waals surface area (Å²) in [7, 11) is 1.58. The van der Waals surface area contributed by atoms with Gasteiger partial charge >= 0.3 is 0 Å². The molecule has 0 spiro atoms. The molecule has 0 aliphatic carbocycles. The van der Waals surface area contributed by atoms with Gasteiger partial charge in [0.15, 0.2) is 0 Å². The van der Waals surface area contributed by atoms with Crippen LogP contribution in [0.25, 0.3) is 11.1 Å². The van der Waals surface area contributed by atoms with Crippen LogP contribution in [-0.4, -0.2) is 31.5 Å². The van der Waals surface area contributed by atoms with Crippen LogP contribution >= 0.6 is 0 Å². The Morgan fingerprint density at radius 3 is 1.82 bits per heavy atom. The summed E-state index contributed by atoms with van der Waals surface area (Å²) >= 11 is 0. The van der Waals surface area contributed by atoms with Gasteiger partial charge in [-0.1, -0.05) is 54.6 Å². The minimum absolute atomic E-state index is 0.0212. The second kappa shape index (κ2) is 11.1. The van der Waals surface area contributed by atoms with E-state index < -0.39 is 6.10 Å². The molecule has 208 valence electrons. The van der Waals surface area contributed by atoms with E-state index in [1.165, 1.54) is 44.5 Å². The molecule has 0 radical (unpaired) electrons. The summed E-state index contributed by atoms with van der Waals surface area (Å²) in [5.41, 5.74) is 14.1. The normalized spacial score (nSPS) is 14.8. The van der Waals surface area contributed by atoms with Crippen LogP contribution in [0.3, 0.4) is 0 Å². The Hall–Kier alpha value is -3.60. The van der Waals surface area contributed by atoms with Gasteiger partial charge in [-0.25, -0.2) is 0 Å². The van der Waals surface area contributed by atoms with Crippen LogP contribution in [0.1, 0.15) is 61.6 Å². The molecule has 0 fully saturated rings. The molecule has 2 unspecified atom stereocenters. The van der Waals surface area contributed by atoms with Crippen molar-refractivity contribution >= 4 is 0 Å². The van der Waals surface area contributed by atoms with Crippen molar-refractivity contribution in [3.63, 3.8) is 0 Å². The molecule has 0 amide bonds. The summed E-state index contributed by atoms with van der Waals surface area (Å²) in [5, 5.41) is 10.3. The number of hydrogen-bond acceptors (Lipinski definition) is 4. The predicted octanol–water partition coefficient (Wildman–Crippen LogP) is 8.18. The van der Waals surface area contributed by atoms with Crippen LogP contribution in [0.15, 0.2) is 54.6 Å². The van der Waals surface area contributed by atoms with Crippen molar-refractivity contribution in [2.75, 3.05) is 20.3 Å². The number of fused-ring (bicyclic) bond motifs is 2. The molecule has 4 aromatic carbocycles. The Morgan fingerprint density at radius 2 is 1.20 bits per heavy atom. The van der Waals surface area contributed by atoms with Crippen LogP contribution < -0.4 is 9.47 Å². The molecule has 0 saturated carbocycles. The first kappa shape index (κ1) is 27.9. The van der Waals surface area contributed by atoms with E-state index in [1.54, 1.807) is 7.11 Å². The molecule has 1 N–H and O–H groups in total. The molecule has 5 rings (SSSR count). The summed E-state index contributed by atoms with van der Waals surface area (Å²) in [6.45, 7) is 15.5. The maximum absolute atomic E-state index is 10.3. The number of methoxy groups -OCH3 is 1. The average molecular weight is 537 g/mol. The third-order valence-electron chi connectivity index (χ3n) is 8.82. The average Bonchev–Trinajstić information content (AvgIpc) is 2.97. The fraction of sp³-hybridized carbons (Fsp3) is 0.333. The van der Waals surface area contributed by atoms with E-state index in [0.717, 1.165) is 39.5 Å². The van der Waals surface area contributed by atoms with Gasteiger partial charge < -0.3 is 19.3 Å². The maximum atomic E-state index is 10.3. The maximum Gasteiger partial charge on any atom is 0.135 e. The Kier molecular flexibility index (Phi) is 7.76. The number of aliphatic hydroxyl groups excluding tert-OH is 1. The highest BCUT2D eigenvalue weighted by molar-refractivity contribution is 5.72. The van der Waals surface area contributed by atoms with E-state index in [1.807, 2.05) is 6.07 Å². The van der Waals surface area contributed by atoms with Crippen LogP contribution in [0.5, 0.6) is 17.2 Å². The molecule has 0 bridgehead atoms. The summed E-state index contributed by atoms with van der Waals surface area (Å²) < 4.78 is 18.3. The zero-order valence-corrected chi connectivity index (χ0v) is 24.9. The van der Waals surface area contributed by atoms with Gasteiger partial charge in [0.1, 0.15) is 30.0 Å². The quantitative estimate of drug-likeness (QED) is 0.228. The molecule has 1 aliphatic heterocycles. The minimum atomic E-state index is -0.700.